The number of hydrogen-bond donors (Lipinski definition) is 2. The number of hydrogen-bond acceptors (Lipinski definition) is 6. The Morgan fingerprint density at radius 2 is 2.26 bits per heavy atom. The van der Waals surface area contributed by atoms with Crippen LogP contribution in [0.3, 0.4) is 0 Å². The van der Waals surface area contributed by atoms with E-state index in [4.69, 9.17) is 5.73 Å². The smallest absolute Gasteiger partial charge is 0.311 e. The lowest BCUT2D eigenvalue weighted by molar-refractivity contribution is -0.384. The summed E-state index contributed by atoms with van der Waals surface area (Å²) in [6.45, 7) is 2.39. The summed E-state index contributed by atoms with van der Waals surface area (Å²) in [5.41, 5.74) is 5.40. The Morgan fingerprint density at radius 3 is 2.79 bits per heavy atom. The van der Waals surface area contributed by atoms with E-state index < -0.39 is 4.92 Å². The lowest BCUT2D eigenvalue weighted by Crippen LogP contribution is -2.37. The molecule has 0 aromatic carbocycles. The average Bonchev–Trinajstić information content (AvgIpc) is 2.37. The van der Waals surface area contributed by atoms with Crippen molar-refractivity contribution in [1.82, 2.24) is 10.3 Å². The van der Waals surface area contributed by atoms with E-state index in [0.29, 0.717) is 6.54 Å². The van der Waals surface area contributed by atoms with Gasteiger partial charge in [-0.05, 0) is 12.5 Å². The highest BCUT2D eigenvalue weighted by atomic mass is 16.6. The molecule has 0 spiro atoms. The van der Waals surface area contributed by atoms with Gasteiger partial charge in [0, 0.05) is 19.7 Å². The summed E-state index contributed by atoms with van der Waals surface area (Å²) in [4.78, 5) is 27.4. The second kappa shape index (κ2) is 6.53. The van der Waals surface area contributed by atoms with Crippen LogP contribution in [0.4, 0.5) is 17.3 Å². The summed E-state index contributed by atoms with van der Waals surface area (Å²) in [6, 6.07) is 2.66. The van der Waals surface area contributed by atoms with Crippen molar-refractivity contribution in [2.75, 3.05) is 30.8 Å². The minimum Gasteiger partial charge on any atom is -0.384 e. The number of likely N-dealkylation sites (N-methyl/N-ethyl adjacent to an activating group) is 1. The molecule has 1 aromatic heterocycles. The molecule has 1 heterocycles. The molecule has 8 heteroatoms. The lowest BCUT2D eigenvalue weighted by atomic mass is 10.3. The fourth-order valence-corrected chi connectivity index (χ4v) is 1.61. The number of carbonyl (C=O) groups is 1. The summed E-state index contributed by atoms with van der Waals surface area (Å²) in [6.07, 6.45) is 0.727. The third kappa shape index (κ3) is 3.80. The summed E-state index contributed by atoms with van der Waals surface area (Å²) >= 11 is 0. The van der Waals surface area contributed by atoms with Gasteiger partial charge in [-0.15, -0.1) is 0 Å². The van der Waals surface area contributed by atoms with Gasteiger partial charge in [-0.1, -0.05) is 6.92 Å². The van der Waals surface area contributed by atoms with Crippen LogP contribution in [0.5, 0.6) is 0 Å². The van der Waals surface area contributed by atoms with E-state index >= 15 is 0 Å². The quantitative estimate of drug-likeness (QED) is 0.574. The van der Waals surface area contributed by atoms with Crippen LogP contribution >= 0.6 is 0 Å². The Kier molecular flexibility index (Phi) is 5.04. The second-order valence-corrected chi connectivity index (χ2v) is 3.93. The van der Waals surface area contributed by atoms with Gasteiger partial charge in [0.25, 0.3) is 0 Å². The zero-order valence-corrected chi connectivity index (χ0v) is 10.9. The predicted octanol–water partition coefficient (Wildman–Crippen LogP) is 0.534. The van der Waals surface area contributed by atoms with Crippen molar-refractivity contribution in [3.05, 3.63) is 22.2 Å². The van der Waals surface area contributed by atoms with E-state index in [0.717, 1.165) is 6.42 Å². The van der Waals surface area contributed by atoms with Gasteiger partial charge in [-0.25, -0.2) is 4.98 Å². The molecule has 8 nitrogen and oxygen atoms in total. The molecule has 1 aromatic rings. The van der Waals surface area contributed by atoms with Crippen LogP contribution in [0.15, 0.2) is 12.1 Å². The number of nitro groups is 1. The zero-order valence-electron chi connectivity index (χ0n) is 10.9. The maximum atomic E-state index is 11.5. The van der Waals surface area contributed by atoms with E-state index in [1.54, 1.807) is 4.90 Å². The maximum Gasteiger partial charge on any atom is 0.311 e. The van der Waals surface area contributed by atoms with Crippen molar-refractivity contribution in [1.29, 1.82) is 0 Å². The third-order valence-corrected chi connectivity index (χ3v) is 2.48. The molecule has 0 radical (unpaired) electrons. The van der Waals surface area contributed by atoms with Crippen molar-refractivity contribution < 1.29 is 9.72 Å². The summed E-state index contributed by atoms with van der Waals surface area (Å²) in [5.74, 6) is 0.0565. The third-order valence-electron chi connectivity index (χ3n) is 2.48. The van der Waals surface area contributed by atoms with Crippen molar-refractivity contribution >= 4 is 23.2 Å². The molecule has 0 bridgehead atoms. The number of aromatic nitrogens is 1. The Morgan fingerprint density at radius 1 is 1.58 bits per heavy atom. The number of amides is 1. The van der Waals surface area contributed by atoms with E-state index in [9.17, 15) is 14.9 Å². The summed E-state index contributed by atoms with van der Waals surface area (Å²) in [7, 11) is 1.51. The molecule has 0 aliphatic heterocycles. The lowest BCUT2D eigenvalue weighted by Gasteiger charge is -2.22. The highest BCUT2D eigenvalue weighted by molar-refractivity contribution is 5.81. The molecule has 1 amide bonds. The van der Waals surface area contributed by atoms with Crippen molar-refractivity contribution in [2.45, 2.75) is 13.3 Å². The fourth-order valence-electron chi connectivity index (χ4n) is 1.61. The van der Waals surface area contributed by atoms with Crippen LogP contribution in [-0.2, 0) is 4.79 Å². The molecule has 0 fully saturated rings. The van der Waals surface area contributed by atoms with E-state index in [2.05, 4.69) is 10.3 Å². The number of nitrogens with two attached hydrogens (primary N) is 1. The molecule has 0 aliphatic rings. The number of nitrogens with zero attached hydrogens (tertiary/aromatic N) is 3. The highest BCUT2D eigenvalue weighted by Crippen LogP contribution is 2.26. The number of nitrogen functional groups attached to an aromatic ring is 1. The number of rotatable bonds is 6. The Balaban J connectivity index is 3.16. The predicted molar refractivity (Wildman–Crippen MR) is 71.9 cm³/mol. The molecule has 19 heavy (non-hydrogen) atoms. The molecule has 3 N–H and O–H groups in total. The molecule has 0 saturated heterocycles. The number of nitrogens with one attached hydrogen (secondary N) is 1. The van der Waals surface area contributed by atoms with Crippen LogP contribution in [0.25, 0.3) is 0 Å². The number of pyridine rings is 1. The minimum atomic E-state index is -0.533. The molecule has 0 atom stereocenters. The standard InChI is InChI=1S/C11H17N5O3/c1-3-6-15(7-10(17)13-2)11-8(16(18)19)4-5-9(12)14-11/h4-5H,3,6-7H2,1-2H3,(H2,12,14)(H,13,17). The van der Waals surface area contributed by atoms with Crippen LogP contribution in [0.1, 0.15) is 13.3 Å². The van der Waals surface area contributed by atoms with Crippen LogP contribution in [-0.4, -0.2) is 36.0 Å². The van der Waals surface area contributed by atoms with Gasteiger partial charge in [0.1, 0.15) is 5.82 Å². The first-order valence-electron chi connectivity index (χ1n) is 5.86. The van der Waals surface area contributed by atoms with Crippen molar-refractivity contribution in [2.24, 2.45) is 0 Å². The minimum absolute atomic E-state index is 0.00162. The first-order valence-corrected chi connectivity index (χ1v) is 5.86. The highest BCUT2D eigenvalue weighted by Gasteiger charge is 2.22. The monoisotopic (exact) mass is 267 g/mol. The Labute approximate surface area is 110 Å². The molecule has 1 rings (SSSR count). The van der Waals surface area contributed by atoms with Crippen LogP contribution in [0, 0.1) is 10.1 Å². The fraction of sp³-hybridized carbons (Fsp3) is 0.455. The van der Waals surface area contributed by atoms with Crippen molar-refractivity contribution in [3.63, 3.8) is 0 Å². The van der Waals surface area contributed by atoms with E-state index in [1.807, 2.05) is 6.92 Å². The zero-order chi connectivity index (χ0) is 14.4. The topological polar surface area (TPSA) is 114 Å². The summed E-state index contributed by atoms with van der Waals surface area (Å²) in [5, 5.41) is 13.5. The number of carbonyl (C=O) groups excluding carboxylic acids is 1. The van der Waals surface area contributed by atoms with Crippen LogP contribution < -0.4 is 16.0 Å². The normalized spacial score (nSPS) is 10.0. The van der Waals surface area contributed by atoms with Gasteiger partial charge in [-0.2, -0.15) is 0 Å². The van der Waals surface area contributed by atoms with Crippen LogP contribution in [0.2, 0.25) is 0 Å². The average molecular weight is 267 g/mol. The largest absolute Gasteiger partial charge is 0.384 e. The Bertz CT molecular complexity index is 477. The SMILES string of the molecule is CCCN(CC(=O)NC)c1nc(N)ccc1[N+](=O)[O-]. The van der Waals surface area contributed by atoms with Gasteiger partial charge in [0.2, 0.25) is 11.7 Å². The van der Waals surface area contributed by atoms with Gasteiger partial charge in [0.15, 0.2) is 0 Å². The van der Waals surface area contributed by atoms with E-state index in [1.165, 1.54) is 19.2 Å². The van der Waals surface area contributed by atoms with Gasteiger partial charge in [0.05, 0.1) is 11.5 Å². The number of anilines is 2. The Hall–Kier alpha value is -2.38. The molecule has 0 unspecified atom stereocenters. The second-order valence-electron chi connectivity index (χ2n) is 3.93. The van der Waals surface area contributed by atoms with Gasteiger partial charge >= 0.3 is 5.69 Å². The first kappa shape index (κ1) is 14.7. The van der Waals surface area contributed by atoms with Gasteiger partial charge in [-0.3, -0.25) is 14.9 Å². The van der Waals surface area contributed by atoms with Gasteiger partial charge < -0.3 is 16.0 Å². The molecule has 104 valence electrons. The molecule has 0 aliphatic carbocycles. The molecule has 0 saturated carbocycles. The molecular formula is C11H17N5O3. The first-order chi connectivity index (χ1) is 8.99. The molecular weight excluding hydrogens is 250 g/mol. The van der Waals surface area contributed by atoms with E-state index in [-0.39, 0.29) is 29.8 Å². The maximum absolute atomic E-state index is 11.5. The van der Waals surface area contributed by atoms with Crippen molar-refractivity contribution in [3.8, 4) is 0 Å². The summed E-state index contributed by atoms with van der Waals surface area (Å²) < 4.78 is 0.